The van der Waals surface area contributed by atoms with E-state index in [1.54, 1.807) is 4.90 Å². The van der Waals surface area contributed by atoms with E-state index < -0.39 is 17.8 Å². The van der Waals surface area contributed by atoms with Gasteiger partial charge in [0.25, 0.3) is 5.91 Å². The zero-order valence-corrected chi connectivity index (χ0v) is 11.6. The average Bonchev–Trinajstić information content (AvgIpc) is 2.92. The number of nitrogen functional groups attached to an aromatic ring is 1. The first-order chi connectivity index (χ1) is 9.79. The first-order valence-corrected chi connectivity index (χ1v) is 6.71. The zero-order chi connectivity index (χ0) is 15.6. The summed E-state index contributed by atoms with van der Waals surface area (Å²) >= 11 is 0. The summed E-state index contributed by atoms with van der Waals surface area (Å²) < 4.78 is 44.1. The molecule has 0 spiro atoms. The molecule has 1 unspecified atom stereocenters. The van der Waals surface area contributed by atoms with Gasteiger partial charge in [-0.15, -0.1) is 0 Å². The molecule has 21 heavy (non-hydrogen) atoms. The van der Waals surface area contributed by atoms with Crippen LogP contribution in [0, 0.1) is 0 Å². The van der Waals surface area contributed by atoms with Crippen LogP contribution in [0.25, 0.3) is 0 Å². The minimum Gasteiger partial charge on any atom is -0.480 e. The molecular weight excluding hydrogens is 285 g/mol. The summed E-state index contributed by atoms with van der Waals surface area (Å²) in [6.45, 7) is 2.71. The van der Waals surface area contributed by atoms with Gasteiger partial charge in [0, 0.05) is 18.8 Å². The molecule has 2 rings (SSSR count). The lowest BCUT2D eigenvalue weighted by Crippen LogP contribution is -2.38. The number of alkyl halides is 3. The number of nitrogens with zero attached hydrogens (tertiary/aromatic N) is 1. The van der Waals surface area contributed by atoms with E-state index in [2.05, 4.69) is 0 Å². The Kier molecular flexibility index (Phi) is 4.29. The molecule has 4 nitrogen and oxygen atoms in total. The second-order valence-electron chi connectivity index (χ2n) is 5.05. The van der Waals surface area contributed by atoms with Crippen molar-refractivity contribution in [1.29, 1.82) is 0 Å². The molecule has 1 aliphatic rings. The maximum Gasteiger partial charge on any atom is 0.420 e. The van der Waals surface area contributed by atoms with Gasteiger partial charge in [0.1, 0.15) is 5.75 Å². The fourth-order valence-electron chi connectivity index (χ4n) is 2.31. The van der Waals surface area contributed by atoms with E-state index >= 15 is 0 Å². The second-order valence-corrected chi connectivity index (χ2v) is 5.05. The predicted molar refractivity (Wildman–Crippen MR) is 71.8 cm³/mol. The summed E-state index contributed by atoms with van der Waals surface area (Å²) in [6.07, 6.45) is -3.73. The second kappa shape index (κ2) is 5.83. The normalized spacial score (nSPS) is 16.9. The summed E-state index contributed by atoms with van der Waals surface area (Å²) in [5.41, 5.74) is 4.41. The Balaban J connectivity index is 2.17. The van der Waals surface area contributed by atoms with Gasteiger partial charge in [0.15, 0.2) is 6.10 Å². The highest BCUT2D eigenvalue weighted by molar-refractivity contribution is 5.81. The third-order valence-corrected chi connectivity index (χ3v) is 3.38. The molecule has 1 amide bonds. The summed E-state index contributed by atoms with van der Waals surface area (Å²) in [6, 6.07) is 3.27. The van der Waals surface area contributed by atoms with Crippen molar-refractivity contribution in [2.75, 3.05) is 18.8 Å². The van der Waals surface area contributed by atoms with Crippen molar-refractivity contribution in [3.63, 3.8) is 0 Å². The van der Waals surface area contributed by atoms with Crippen LogP contribution in [0.1, 0.15) is 25.3 Å². The number of amides is 1. The van der Waals surface area contributed by atoms with Crippen molar-refractivity contribution < 1.29 is 22.7 Å². The molecule has 1 atom stereocenters. The molecule has 0 bridgehead atoms. The quantitative estimate of drug-likeness (QED) is 0.873. The fraction of sp³-hybridized carbons (Fsp3) is 0.500. The third-order valence-electron chi connectivity index (χ3n) is 3.38. The van der Waals surface area contributed by atoms with Crippen LogP contribution in [0.4, 0.5) is 18.9 Å². The van der Waals surface area contributed by atoms with E-state index in [1.165, 1.54) is 13.0 Å². The number of likely N-dealkylation sites (tertiary alicyclic amines) is 1. The van der Waals surface area contributed by atoms with Crippen molar-refractivity contribution in [2.24, 2.45) is 0 Å². The minimum atomic E-state index is -4.58. The van der Waals surface area contributed by atoms with Gasteiger partial charge in [-0.25, -0.2) is 0 Å². The van der Waals surface area contributed by atoms with E-state index in [-0.39, 0.29) is 17.3 Å². The Labute approximate surface area is 120 Å². The molecule has 1 aromatic carbocycles. The third kappa shape index (κ3) is 3.59. The predicted octanol–water partition coefficient (Wildman–Crippen LogP) is 2.68. The molecule has 0 radical (unpaired) electrons. The Morgan fingerprint density at radius 2 is 1.95 bits per heavy atom. The van der Waals surface area contributed by atoms with Gasteiger partial charge < -0.3 is 15.4 Å². The maximum atomic E-state index is 12.9. The van der Waals surface area contributed by atoms with Gasteiger partial charge in [0.05, 0.1) is 5.56 Å². The largest absolute Gasteiger partial charge is 0.480 e. The van der Waals surface area contributed by atoms with Crippen LogP contribution in [0.5, 0.6) is 5.75 Å². The molecule has 7 heteroatoms. The van der Waals surface area contributed by atoms with Gasteiger partial charge >= 0.3 is 6.18 Å². The van der Waals surface area contributed by atoms with Crippen LogP contribution < -0.4 is 10.5 Å². The number of nitrogens with two attached hydrogens (primary N) is 1. The number of hydrogen-bond acceptors (Lipinski definition) is 3. The first kappa shape index (κ1) is 15.5. The van der Waals surface area contributed by atoms with E-state index in [9.17, 15) is 18.0 Å². The number of hydrogen-bond donors (Lipinski definition) is 1. The number of anilines is 1. The molecule has 0 saturated carbocycles. The molecule has 2 N–H and O–H groups in total. The monoisotopic (exact) mass is 302 g/mol. The van der Waals surface area contributed by atoms with E-state index in [1.807, 2.05) is 0 Å². The van der Waals surface area contributed by atoms with Crippen molar-refractivity contribution in [3.05, 3.63) is 23.8 Å². The topological polar surface area (TPSA) is 55.6 Å². The zero-order valence-electron chi connectivity index (χ0n) is 11.6. The van der Waals surface area contributed by atoms with Crippen LogP contribution in [0.2, 0.25) is 0 Å². The highest BCUT2D eigenvalue weighted by Crippen LogP contribution is 2.37. The molecular formula is C14H17F3N2O2. The van der Waals surface area contributed by atoms with Gasteiger partial charge in [0.2, 0.25) is 0 Å². The maximum absolute atomic E-state index is 12.9. The number of benzene rings is 1. The van der Waals surface area contributed by atoms with Gasteiger partial charge in [-0.2, -0.15) is 13.2 Å². The number of halogens is 3. The summed E-state index contributed by atoms with van der Waals surface area (Å²) in [5.74, 6) is -0.672. The molecule has 1 aromatic rings. The molecule has 1 heterocycles. The molecule has 1 saturated heterocycles. The van der Waals surface area contributed by atoms with Gasteiger partial charge in [-0.05, 0) is 38.0 Å². The molecule has 1 aliphatic heterocycles. The molecule has 1 fully saturated rings. The van der Waals surface area contributed by atoms with Crippen LogP contribution in [-0.2, 0) is 11.0 Å². The fourth-order valence-corrected chi connectivity index (χ4v) is 2.31. The van der Waals surface area contributed by atoms with Crippen molar-refractivity contribution in [3.8, 4) is 5.75 Å². The number of rotatable bonds is 3. The summed E-state index contributed by atoms with van der Waals surface area (Å²) in [7, 11) is 0. The van der Waals surface area contributed by atoms with Crippen LogP contribution in [0.15, 0.2) is 18.2 Å². The van der Waals surface area contributed by atoms with Crippen LogP contribution in [-0.4, -0.2) is 30.0 Å². The molecule has 0 aromatic heterocycles. The van der Waals surface area contributed by atoms with Crippen LogP contribution >= 0.6 is 0 Å². The Hall–Kier alpha value is -1.92. The first-order valence-electron chi connectivity index (χ1n) is 6.71. The lowest BCUT2D eigenvalue weighted by Gasteiger charge is -2.23. The Morgan fingerprint density at radius 3 is 2.52 bits per heavy atom. The lowest BCUT2D eigenvalue weighted by atomic mass is 10.1. The standard InChI is InChI=1S/C14H17F3N2O2/c1-9(13(20)19-6-2-3-7-19)21-12-5-4-10(18)8-11(12)14(15,16)17/h4-5,8-9H,2-3,6-7,18H2,1H3. The molecule has 0 aliphatic carbocycles. The van der Waals surface area contributed by atoms with Crippen molar-refractivity contribution in [1.82, 2.24) is 4.90 Å². The average molecular weight is 302 g/mol. The minimum absolute atomic E-state index is 0.00630. The number of ether oxygens (including phenoxy) is 1. The van der Waals surface area contributed by atoms with Crippen molar-refractivity contribution >= 4 is 11.6 Å². The van der Waals surface area contributed by atoms with E-state index in [0.717, 1.165) is 25.0 Å². The number of carbonyl (C=O) groups is 1. The van der Waals surface area contributed by atoms with E-state index in [4.69, 9.17) is 10.5 Å². The summed E-state index contributed by atoms with van der Waals surface area (Å²) in [5, 5.41) is 0. The summed E-state index contributed by atoms with van der Waals surface area (Å²) in [4.78, 5) is 13.7. The smallest absolute Gasteiger partial charge is 0.420 e. The lowest BCUT2D eigenvalue weighted by molar-refractivity contribution is -0.143. The highest BCUT2D eigenvalue weighted by atomic mass is 19.4. The Bertz CT molecular complexity index is 525. The van der Waals surface area contributed by atoms with Crippen molar-refractivity contribution in [2.45, 2.75) is 32.0 Å². The number of carbonyl (C=O) groups excluding carboxylic acids is 1. The molecule has 116 valence electrons. The van der Waals surface area contributed by atoms with E-state index in [0.29, 0.717) is 13.1 Å². The Morgan fingerprint density at radius 1 is 1.33 bits per heavy atom. The van der Waals surface area contributed by atoms with Crippen LogP contribution in [0.3, 0.4) is 0 Å². The van der Waals surface area contributed by atoms with Gasteiger partial charge in [-0.1, -0.05) is 0 Å². The highest BCUT2D eigenvalue weighted by Gasteiger charge is 2.36. The SMILES string of the molecule is CC(Oc1ccc(N)cc1C(F)(F)F)C(=O)N1CCCC1. The van der Waals surface area contributed by atoms with Gasteiger partial charge in [-0.3, -0.25) is 4.79 Å².